The van der Waals surface area contributed by atoms with E-state index >= 15 is 0 Å². The molecule has 0 spiro atoms. The lowest BCUT2D eigenvalue weighted by Gasteiger charge is -2.46. The first-order valence-electron chi connectivity index (χ1n) is 17.4. The summed E-state index contributed by atoms with van der Waals surface area (Å²) >= 11 is 3.65. The molecule has 1 aromatic rings. The number of anilines is 1. The Hall–Kier alpha value is -0.276. The summed E-state index contributed by atoms with van der Waals surface area (Å²) in [5.41, 5.74) is 3.10. The normalized spacial score (nSPS) is 18.4. The van der Waals surface area contributed by atoms with Crippen LogP contribution in [-0.2, 0) is 18.4 Å². The third kappa shape index (κ3) is 9.05. The fraction of sp³-hybridized carbons (Fsp3) is 0.829. The molecule has 6 nitrogen and oxygen atoms in total. The van der Waals surface area contributed by atoms with Crippen molar-refractivity contribution in [1.29, 1.82) is 0 Å². The van der Waals surface area contributed by atoms with Crippen molar-refractivity contribution >= 4 is 68.1 Å². The highest BCUT2D eigenvalue weighted by Crippen LogP contribution is 2.45. The van der Waals surface area contributed by atoms with Gasteiger partial charge in [-0.3, -0.25) is 4.79 Å². The first-order chi connectivity index (χ1) is 20.9. The average Bonchev–Trinajstić information content (AvgIpc) is 3.32. The number of ether oxygens (including phenoxy) is 1. The number of hydrogen-bond acceptors (Lipinski definition) is 6. The number of halogens is 1. The van der Waals surface area contributed by atoms with E-state index in [0.717, 1.165) is 28.6 Å². The Labute approximate surface area is 295 Å². The molecule has 0 atom stereocenters. The van der Waals surface area contributed by atoms with E-state index in [0.29, 0.717) is 62.9 Å². The van der Waals surface area contributed by atoms with Crippen LogP contribution in [0.15, 0.2) is 6.07 Å². The zero-order valence-electron chi connectivity index (χ0n) is 30.8. The lowest BCUT2D eigenvalue weighted by Crippen LogP contribution is -2.56. The topological polar surface area (TPSA) is 65.1 Å². The highest BCUT2D eigenvalue weighted by molar-refractivity contribution is 14.1. The second-order valence-electron chi connectivity index (χ2n) is 15.3. The van der Waals surface area contributed by atoms with Crippen molar-refractivity contribution in [2.24, 2.45) is 11.8 Å². The van der Waals surface area contributed by atoms with Gasteiger partial charge in [0.1, 0.15) is 4.88 Å². The van der Waals surface area contributed by atoms with Crippen LogP contribution in [0.5, 0.6) is 0 Å². The number of carbonyl (C=O) groups excluding carboxylic acids is 2. The summed E-state index contributed by atoms with van der Waals surface area (Å²) in [7, 11) is -3.13. The minimum absolute atomic E-state index is 0.0867. The number of carbonyl (C=O) groups is 2. The third-order valence-corrected chi connectivity index (χ3v) is 24.8. The molecule has 0 aliphatic heterocycles. The summed E-state index contributed by atoms with van der Waals surface area (Å²) in [5, 5.41) is 0. The number of rotatable bonds is 16. The lowest BCUT2D eigenvalue weighted by atomic mass is 9.82. The molecule has 260 valence electrons. The standard InChI is InChI=1S/C35H64INO5SSi2/c1-22(2)44(23(3)4,24(5)6)41-20-30(21-42-45(25(7)8,26(9)10)27(11)12)37(34(38)29-17-15-28(13)16-18-29)31-19-32(36)43-33(31)35(39)40-14/h19,22-30H,15-18,20-21H2,1-14H3. The summed E-state index contributed by atoms with van der Waals surface area (Å²) in [6.07, 6.45) is 3.82. The zero-order valence-corrected chi connectivity index (χ0v) is 35.8. The first kappa shape index (κ1) is 40.9. The summed E-state index contributed by atoms with van der Waals surface area (Å²) in [6, 6.07) is 1.63. The predicted octanol–water partition coefficient (Wildman–Crippen LogP) is 11.1. The predicted molar refractivity (Wildman–Crippen MR) is 205 cm³/mol. The maximum Gasteiger partial charge on any atom is 0.350 e. The fourth-order valence-electron chi connectivity index (χ4n) is 8.65. The molecule has 0 bridgehead atoms. The van der Waals surface area contributed by atoms with Crippen LogP contribution < -0.4 is 4.90 Å². The maximum absolute atomic E-state index is 14.9. The average molecular weight is 794 g/mol. The van der Waals surface area contributed by atoms with Gasteiger partial charge in [0.2, 0.25) is 5.91 Å². The molecule has 45 heavy (non-hydrogen) atoms. The van der Waals surface area contributed by atoms with Crippen molar-refractivity contribution in [3.8, 4) is 0 Å². The van der Waals surface area contributed by atoms with Gasteiger partial charge < -0.3 is 18.5 Å². The molecular weight excluding hydrogens is 730 g/mol. The van der Waals surface area contributed by atoms with Gasteiger partial charge in [0.25, 0.3) is 0 Å². The number of nitrogens with zero attached hydrogens (tertiary/aromatic N) is 1. The van der Waals surface area contributed by atoms with Crippen LogP contribution in [0.2, 0.25) is 33.2 Å². The van der Waals surface area contributed by atoms with Crippen molar-refractivity contribution in [2.45, 2.75) is 155 Å². The molecule has 0 aromatic carbocycles. The fourth-order valence-corrected chi connectivity index (χ4v) is 21.4. The van der Waals surface area contributed by atoms with Gasteiger partial charge in [0.05, 0.1) is 34.9 Å². The Bertz CT molecular complexity index is 1020. The second-order valence-corrected chi connectivity index (χ2v) is 29.2. The van der Waals surface area contributed by atoms with Gasteiger partial charge in [-0.15, -0.1) is 11.3 Å². The van der Waals surface area contributed by atoms with Crippen molar-refractivity contribution in [2.75, 3.05) is 25.2 Å². The summed E-state index contributed by atoms with van der Waals surface area (Å²) < 4.78 is 20.8. The Morgan fingerprint density at radius 3 is 1.56 bits per heavy atom. The van der Waals surface area contributed by atoms with Crippen LogP contribution in [-0.4, -0.2) is 54.9 Å². The van der Waals surface area contributed by atoms with Gasteiger partial charge in [-0.05, 0) is 93.5 Å². The highest BCUT2D eigenvalue weighted by atomic mass is 127. The molecule has 0 unspecified atom stereocenters. The van der Waals surface area contributed by atoms with Gasteiger partial charge >= 0.3 is 5.97 Å². The minimum atomic E-state index is -2.27. The molecule has 1 saturated carbocycles. The molecule has 10 heteroatoms. The molecule has 0 radical (unpaired) electrons. The van der Waals surface area contributed by atoms with Crippen LogP contribution >= 0.6 is 33.9 Å². The van der Waals surface area contributed by atoms with Gasteiger partial charge in [-0.1, -0.05) is 90.0 Å². The summed E-state index contributed by atoms with van der Waals surface area (Å²) in [5.74, 6) is 0.230. The molecule has 1 heterocycles. The number of esters is 1. The monoisotopic (exact) mass is 793 g/mol. The quantitative estimate of drug-likeness (QED) is 0.0947. The SMILES string of the molecule is COC(=O)c1sc(I)cc1N(C(=O)C1CCC(C)CC1)C(CO[Si](C(C)C)(C(C)C)C(C)C)CO[Si](C(C)C)(C(C)C)C(C)C. The molecule has 1 fully saturated rings. The lowest BCUT2D eigenvalue weighted by molar-refractivity contribution is -0.124. The van der Waals surface area contributed by atoms with E-state index in [1.165, 1.54) is 18.4 Å². The molecule has 1 amide bonds. The Morgan fingerprint density at radius 2 is 1.20 bits per heavy atom. The summed E-state index contributed by atoms with van der Waals surface area (Å²) in [4.78, 5) is 30.5. The van der Waals surface area contributed by atoms with E-state index < -0.39 is 22.6 Å². The molecule has 2 rings (SSSR count). The second kappa shape index (κ2) is 17.4. The van der Waals surface area contributed by atoms with Crippen molar-refractivity contribution in [1.82, 2.24) is 0 Å². The Kier molecular flexibility index (Phi) is 15.8. The van der Waals surface area contributed by atoms with Crippen LogP contribution in [0.1, 0.15) is 125 Å². The van der Waals surface area contributed by atoms with Gasteiger partial charge in [-0.2, -0.15) is 0 Å². The van der Waals surface area contributed by atoms with Gasteiger partial charge in [0, 0.05) is 5.92 Å². The molecule has 1 aromatic heterocycles. The van der Waals surface area contributed by atoms with Crippen molar-refractivity contribution < 1.29 is 23.2 Å². The number of thiophene rings is 1. The van der Waals surface area contributed by atoms with E-state index in [9.17, 15) is 9.59 Å². The van der Waals surface area contributed by atoms with Gasteiger partial charge in [0.15, 0.2) is 16.6 Å². The largest absolute Gasteiger partial charge is 0.465 e. The smallest absolute Gasteiger partial charge is 0.350 e. The van der Waals surface area contributed by atoms with E-state index in [-0.39, 0.29) is 17.9 Å². The third-order valence-electron chi connectivity index (χ3n) is 10.7. The highest BCUT2D eigenvalue weighted by Gasteiger charge is 2.49. The van der Waals surface area contributed by atoms with E-state index in [1.54, 1.807) is 0 Å². The van der Waals surface area contributed by atoms with E-state index in [4.69, 9.17) is 13.6 Å². The van der Waals surface area contributed by atoms with Crippen molar-refractivity contribution in [3.63, 3.8) is 0 Å². The maximum atomic E-state index is 14.9. The van der Waals surface area contributed by atoms with Crippen LogP contribution in [0, 0.1) is 14.7 Å². The van der Waals surface area contributed by atoms with Crippen LogP contribution in [0.4, 0.5) is 5.69 Å². The number of amides is 1. The molecule has 1 aliphatic rings. The summed E-state index contributed by atoms with van der Waals surface area (Å²) in [6.45, 7) is 30.7. The Balaban J connectivity index is 2.79. The van der Waals surface area contributed by atoms with E-state index in [2.05, 4.69) is 113 Å². The number of hydrogen-bond donors (Lipinski definition) is 0. The van der Waals surface area contributed by atoms with E-state index in [1.807, 2.05) is 11.0 Å². The molecule has 0 N–H and O–H groups in total. The molecule has 0 saturated heterocycles. The van der Waals surface area contributed by atoms with Crippen LogP contribution in [0.25, 0.3) is 0 Å². The molecular formula is C35H64INO5SSi2. The minimum Gasteiger partial charge on any atom is -0.465 e. The zero-order chi connectivity index (χ0) is 34.4. The van der Waals surface area contributed by atoms with Crippen molar-refractivity contribution in [3.05, 3.63) is 13.8 Å². The first-order valence-corrected chi connectivity index (χ1v) is 23.5. The van der Waals surface area contributed by atoms with Gasteiger partial charge in [-0.25, -0.2) is 4.79 Å². The molecule has 1 aliphatic carbocycles. The Morgan fingerprint density at radius 1 is 0.800 bits per heavy atom. The van der Waals surface area contributed by atoms with Crippen LogP contribution in [0.3, 0.4) is 0 Å². The number of methoxy groups -OCH3 is 1.